The first-order chi connectivity index (χ1) is 7.25. The molecule has 0 spiro atoms. The summed E-state index contributed by atoms with van der Waals surface area (Å²) >= 11 is 0. The summed E-state index contributed by atoms with van der Waals surface area (Å²) in [4.78, 5) is 0. The van der Waals surface area contributed by atoms with Crippen LogP contribution in [0, 0.1) is 11.7 Å². The Labute approximate surface area is 89.7 Å². The van der Waals surface area contributed by atoms with Crippen molar-refractivity contribution in [3.05, 3.63) is 29.6 Å². The van der Waals surface area contributed by atoms with Gasteiger partial charge in [-0.25, -0.2) is 4.39 Å². The van der Waals surface area contributed by atoms with Gasteiger partial charge in [-0.3, -0.25) is 0 Å². The first-order valence-electron chi connectivity index (χ1n) is 5.50. The Morgan fingerprint density at radius 3 is 3.00 bits per heavy atom. The Hall–Kier alpha value is -1.09. The van der Waals surface area contributed by atoms with Gasteiger partial charge in [-0.2, -0.15) is 0 Å². The summed E-state index contributed by atoms with van der Waals surface area (Å²) in [5.41, 5.74) is 6.94. The van der Waals surface area contributed by atoms with Crippen LogP contribution in [0.1, 0.15) is 18.4 Å². The smallest absolute Gasteiger partial charge is 0.146 e. The van der Waals surface area contributed by atoms with Gasteiger partial charge in [0.2, 0.25) is 0 Å². The summed E-state index contributed by atoms with van der Waals surface area (Å²) in [7, 11) is 0. The van der Waals surface area contributed by atoms with E-state index < -0.39 is 0 Å². The number of hydrogen-bond acceptors (Lipinski definition) is 2. The third kappa shape index (κ3) is 2.69. The van der Waals surface area contributed by atoms with Crippen molar-refractivity contribution in [3.63, 3.8) is 0 Å². The van der Waals surface area contributed by atoms with Crippen molar-refractivity contribution in [1.82, 2.24) is 5.32 Å². The Balaban J connectivity index is 2.00. The number of nitrogens with one attached hydrogen (secondary N) is 1. The minimum atomic E-state index is -0.319. The van der Waals surface area contributed by atoms with Crippen LogP contribution in [0.15, 0.2) is 18.2 Å². The van der Waals surface area contributed by atoms with Crippen LogP contribution >= 0.6 is 0 Å². The van der Waals surface area contributed by atoms with E-state index in [1.807, 2.05) is 6.07 Å². The molecule has 1 aromatic carbocycles. The van der Waals surface area contributed by atoms with E-state index in [9.17, 15) is 4.39 Å². The molecule has 1 heterocycles. The second-order valence-electron chi connectivity index (χ2n) is 4.27. The zero-order valence-electron chi connectivity index (χ0n) is 8.80. The topological polar surface area (TPSA) is 38.0 Å². The van der Waals surface area contributed by atoms with Crippen LogP contribution in [0.5, 0.6) is 0 Å². The SMILES string of the molecule is Nc1cc(CC2CCCNC2)ccc1F. The maximum Gasteiger partial charge on any atom is 0.146 e. The fraction of sp³-hybridized carbons (Fsp3) is 0.500. The number of hydrogen-bond donors (Lipinski definition) is 2. The van der Waals surface area contributed by atoms with E-state index in [0.717, 1.165) is 25.1 Å². The molecule has 1 aliphatic rings. The van der Waals surface area contributed by atoms with Crippen molar-refractivity contribution in [1.29, 1.82) is 0 Å². The molecule has 1 aliphatic heterocycles. The molecule has 1 atom stereocenters. The molecule has 3 heteroatoms. The highest BCUT2D eigenvalue weighted by molar-refractivity contribution is 5.42. The highest BCUT2D eigenvalue weighted by atomic mass is 19.1. The number of piperidine rings is 1. The second-order valence-corrected chi connectivity index (χ2v) is 4.27. The lowest BCUT2D eigenvalue weighted by Gasteiger charge is -2.22. The van der Waals surface area contributed by atoms with Gasteiger partial charge in [-0.15, -0.1) is 0 Å². The predicted molar refractivity (Wildman–Crippen MR) is 60.1 cm³/mol. The first-order valence-corrected chi connectivity index (χ1v) is 5.50. The van der Waals surface area contributed by atoms with Crippen LogP contribution in [-0.4, -0.2) is 13.1 Å². The summed E-state index contributed by atoms with van der Waals surface area (Å²) in [6.45, 7) is 2.19. The highest BCUT2D eigenvalue weighted by Gasteiger charge is 2.13. The number of anilines is 1. The van der Waals surface area contributed by atoms with Gasteiger partial charge in [0.15, 0.2) is 0 Å². The monoisotopic (exact) mass is 208 g/mol. The summed E-state index contributed by atoms with van der Waals surface area (Å²) in [6, 6.07) is 5.05. The minimum Gasteiger partial charge on any atom is -0.396 e. The van der Waals surface area contributed by atoms with Crippen molar-refractivity contribution in [2.24, 2.45) is 5.92 Å². The lowest BCUT2D eigenvalue weighted by Crippen LogP contribution is -2.30. The quantitative estimate of drug-likeness (QED) is 0.729. The zero-order valence-corrected chi connectivity index (χ0v) is 8.80. The normalized spacial score (nSPS) is 21.5. The molecule has 2 rings (SSSR count). The molecule has 1 unspecified atom stereocenters. The van der Waals surface area contributed by atoms with Gasteiger partial charge in [0.1, 0.15) is 5.82 Å². The van der Waals surface area contributed by atoms with Crippen molar-refractivity contribution < 1.29 is 4.39 Å². The van der Waals surface area contributed by atoms with Gasteiger partial charge in [-0.1, -0.05) is 6.07 Å². The number of benzene rings is 1. The molecule has 1 aromatic rings. The van der Waals surface area contributed by atoms with E-state index in [0.29, 0.717) is 5.92 Å². The number of rotatable bonds is 2. The van der Waals surface area contributed by atoms with Crippen molar-refractivity contribution in [2.45, 2.75) is 19.3 Å². The summed E-state index contributed by atoms with van der Waals surface area (Å²) < 4.78 is 12.9. The van der Waals surface area contributed by atoms with E-state index in [-0.39, 0.29) is 11.5 Å². The molecule has 0 amide bonds. The zero-order chi connectivity index (χ0) is 10.7. The largest absolute Gasteiger partial charge is 0.396 e. The first kappa shape index (κ1) is 10.4. The number of nitrogen functional groups attached to an aromatic ring is 1. The Morgan fingerprint density at radius 2 is 2.33 bits per heavy atom. The Bertz CT molecular complexity index is 332. The molecule has 15 heavy (non-hydrogen) atoms. The molecule has 0 aliphatic carbocycles. The second kappa shape index (κ2) is 4.62. The summed E-state index contributed by atoms with van der Waals surface area (Å²) in [5, 5.41) is 3.38. The molecule has 3 N–H and O–H groups in total. The number of halogens is 1. The van der Waals surface area contributed by atoms with E-state index in [4.69, 9.17) is 5.73 Å². The van der Waals surface area contributed by atoms with Gasteiger partial charge in [0.25, 0.3) is 0 Å². The fourth-order valence-electron chi connectivity index (χ4n) is 2.15. The molecule has 2 nitrogen and oxygen atoms in total. The molecule has 0 bridgehead atoms. The maximum absolute atomic E-state index is 12.9. The molecular weight excluding hydrogens is 191 g/mol. The van der Waals surface area contributed by atoms with Crippen LogP contribution < -0.4 is 11.1 Å². The maximum atomic E-state index is 12.9. The summed E-state index contributed by atoms with van der Waals surface area (Å²) in [6.07, 6.45) is 3.49. The molecule has 0 saturated carbocycles. The molecule has 0 radical (unpaired) electrons. The van der Waals surface area contributed by atoms with E-state index in [1.165, 1.54) is 18.9 Å². The standard InChI is InChI=1S/C12H17FN2/c13-11-4-3-9(7-12(11)14)6-10-2-1-5-15-8-10/h3-4,7,10,15H,1-2,5-6,8,14H2. The lowest BCUT2D eigenvalue weighted by molar-refractivity contribution is 0.376. The van der Waals surface area contributed by atoms with Crippen LogP contribution in [0.4, 0.5) is 10.1 Å². The summed E-state index contributed by atoms with van der Waals surface area (Å²) in [5.74, 6) is 0.351. The fourth-order valence-corrected chi connectivity index (χ4v) is 2.15. The molecule has 1 saturated heterocycles. The van der Waals surface area contributed by atoms with Crippen molar-refractivity contribution in [2.75, 3.05) is 18.8 Å². The van der Waals surface area contributed by atoms with Crippen LogP contribution in [0.3, 0.4) is 0 Å². The van der Waals surface area contributed by atoms with Gasteiger partial charge in [0.05, 0.1) is 5.69 Å². The van der Waals surface area contributed by atoms with E-state index in [2.05, 4.69) is 5.32 Å². The molecule has 82 valence electrons. The van der Waals surface area contributed by atoms with Crippen molar-refractivity contribution in [3.8, 4) is 0 Å². The van der Waals surface area contributed by atoms with Crippen LogP contribution in [-0.2, 0) is 6.42 Å². The van der Waals surface area contributed by atoms with Crippen LogP contribution in [0.25, 0.3) is 0 Å². The Kier molecular flexibility index (Phi) is 3.21. The third-order valence-electron chi connectivity index (χ3n) is 2.98. The average molecular weight is 208 g/mol. The van der Waals surface area contributed by atoms with Gasteiger partial charge in [0, 0.05) is 0 Å². The lowest BCUT2D eigenvalue weighted by atomic mass is 9.92. The van der Waals surface area contributed by atoms with Gasteiger partial charge >= 0.3 is 0 Å². The number of nitrogens with two attached hydrogens (primary N) is 1. The van der Waals surface area contributed by atoms with Gasteiger partial charge in [-0.05, 0) is 56.0 Å². The third-order valence-corrected chi connectivity index (χ3v) is 2.98. The van der Waals surface area contributed by atoms with E-state index >= 15 is 0 Å². The Morgan fingerprint density at radius 1 is 1.47 bits per heavy atom. The molecule has 0 aromatic heterocycles. The average Bonchev–Trinajstić information content (AvgIpc) is 2.25. The van der Waals surface area contributed by atoms with Crippen LogP contribution in [0.2, 0.25) is 0 Å². The van der Waals surface area contributed by atoms with Gasteiger partial charge < -0.3 is 11.1 Å². The minimum absolute atomic E-state index is 0.260. The van der Waals surface area contributed by atoms with E-state index in [1.54, 1.807) is 6.07 Å². The molecular formula is C12H17FN2. The highest BCUT2D eigenvalue weighted by Crippen LogP contribution is 2.19. The predicted octanol–water partition coefficient (Wildman–Crippen LogP) is 1.95. The molecule has 1 fully saturated rings. The van der Waals surface area contributed by atoms with Crippen molar-refractivity contribution >= 4 is 5.69 Å².